The second-order valence-corrected chi connectivity index (χ2v) is 11.4. The van der Waals surface area contributed by atoms with Crippen LogP contribution in [0.5, 0.6) is 0 Å². The topological polar surface area (TPSA) is 75.0 Å². The molecule has 1 amide bonds. The van der Waals surface area contributed by atoms with Crippen molar-refractivity contribution in [3.63, 3.8) is 0 Å². The molecule has 7 nitrogen and oxygen atoms in total. The first-order valence-electron chi connectivity index (χ1n) is 11.6. The van der Waals surface area contributed by atoms with Gasteiger partial charge in [0.05, 0.1) is 17.1 Å². The highest BCUT2D eigenvalue weighted by atomic mass is 32.2. The second kappa shape index (κ2) is 10.3. The number of rotatable bonds is 4. The molecule has 1 atom stereocenters. The zero-order valence-electron chi connectivity index (χ0n) is 19.9. The number of nitriles is 1. The normalized spacial score (nSPS) is 22.1. The van der Waals surface area contributed by atoms with Gasteiger partial charge in [0.15, 0.2) is 0 Å². The molecule has 0 bridgehead atoms. The van der Waals surface area contributed by atoms with E-state index in [0.29, 0.717) is 5.56 Å². The lowest BCUT2D eigenvalue weighted by Crippen LogP contribution is -2.47. The molecular formula is C26H28N6OS2. The minimum Gasteiger partial charge on any atom is -0.387 e. The lowest BCUT2D eigenvalue weighted by molar-refractivity contribution is 0.0665. The Kier molecular flexibility index (Phi) is 6.95. The number of amides is 1. The molecule has 0 radical (unpaired) electrons. The number of hydrogen-bond acceptors (Lipinski definition) is 7. The number of hydrogen-bond donors (Lipinski definition) is 1. The molecule has 1 aromatic carbocycles. The number of aliphatic imine (C=N–C) groups is 1. The van der Waals surface area contributed by atoms with Crippen molar-refractivity contribution in [3.8, 4) is 6.07 Å². The number of piperazine rings is 1. The molecule has 1 fully saturated rings. The van der Waals surface area contributed by atoms with E-state index in [9.17, 15) is 10.1 Å². The highest BCUT2D eigenvalue weighted by molar-refractivity contribution is 8.18. The Morgan fingerprint density at radius 3 is 2.77 bits per heavy atom. The molecule has 1 saturated heterocycles. The number of nitrogens with zero attached hydrogens (tertiary/aromatic N) is 5. The standard InChI is InChI=1S/C26H28N6OS2/c1-28-24-13-20(4-7-23(24)26(33)31-11-9-30(2)10-12-31)21-5-8-25-29-18-35(32(25)15-21)22-6-3-19(14-27)16-34-17-22/h3-8,13,15,18,28H,9-12,16-17H2,1-2H3. The molecule has 180 valence electrons. The number of nitrogens with one attached hydrogen (secondary N) is 1. The fourth-order valence-electron chi connectivity index (χ4n) is 4.30. The minimum atomic E-state index is -0.295. The van der Waals surface area contributed by atoms with E-state index in [1.807, 2.05) is 41.7 Å². The number of likely N-dealkylation sites (N-methyl/N-ethyl adjacent to an activating group) is 1. The maximum atomic E-state index is 13.2. The van der Waals surface area contributed by atoms with E-state index in [0.717, 1.165) is 65.9 Å². The third-order valence-electron chi connectivity index (χ3n) is 6.42. The minimum absolute atomic E-state index is 0.0786. The fraction of sp³-hybridized carbons (Fsp3) is 0.308. The number of thioether (sulfide) groups is 1. The number of benzene rings is 1. The quantitative estimate of drug-likeness (QED) is 0.630. The van der Waals surface area contributed by atoms with Crippen molar-refractivity contribution < 1.29 is 4.79 Å². The van der Waals surface area contributed by atoms with Crippen LogP contribution in [-0.2, 0) is 0 Å². The Bertz CT molecular complexity index is 1270. The van der Waals surface area contributed by atoms with Crippen LogP contribution in [0.3, 0.4) is 0 Å². The summed E-state index contributed by atoms with van der Waals surface area (Å²) in [5, 5.41) is 12.5. The van der Waals surface area contributed by atoms with Crippen molar-refractivity contribution in [3.05, 3.63) is 70.3 Å². The van der Waals surface area contributed by atoms with Crippen LogP contribution in [0.15, 0.2) is 64.2 Å². The summed E-state index contributed by atoms with van der Waals surface area (Å²) in [7, 11) is 3.66. The van der Waals surface area contributed by atoms with E-state index in [4.69, 9.17) is 0 Å². The summed E-state index contributed by atoms with van der Waals surface area (Å²) in [6.07, 6.45) is 10.3. The van der Waals surface area contributed by atoms with Crippen LogP contribution < -0.4 is 5.32 Å². The zero-order valence-corrected chi connectivity index (χ0v) is 21.5. The molecule has 9 heteroatoms. The van der Waals surface area contributed by atoms with E-state index < -0.39 is 0 Å². The molecular weight excluding hydrogens is 476 g/mol. The Balaban J connectivity index is 1.39. The summed E-state index contributed by atoms with van der Waals surface area (Å²) in [5.41, 5.74) is 6.47. The maximum Gasteiger partial charge on any atom is 0.256 e. The van der Waals surface area contributed by atoms with E-state index in [1.165, 1.54) is 4.91 Å². The van der Waals surface area contributed by atoms with Crippen molar-refractivity contribution in [1.82, 2.24) is 14.1 Å². The zero-order chi connectivity index (χ0) is 24.4. The molecule has 0 aromatic heterocycles. The van der Waals surface area contributed by atoms with Crippen LogP contribution in [0.1, 0.15) is 15.9 Å². The van der Waals surface area contributed by atoms with Crippen molar-refractivity contribution in [2.45, 2.75) is 0 Å². The number of amidine groups is 1. The van der Waals surface area contributed by atoms with Crippen LogP contribution in [-0.4, -0.2) is 83.1 Å². The van der Waals surface area contributed by atoms with Gasteiger partial charge in [-0.2, -0.15) is 17.0 Å². The molecule has 1 unspecified atom stereocenters. The first kappa shape index (κ1) is 23.7. The van der Waals surface area contributed by atoms with Crippen LogP contribution in [0.2, 0.25) is 0 Å². The average Bonchev–Trinajstić information content (AvgIpc) is 3.17. The number of carbonyl (C=O) groups is 1. The Morgan fingerprint density at radius 2 is 2.00 bits per heavy atom. The molecule has 0 saturated carbocycles. The Morgan fingerprint density at radius 1 is 1.17 bits per heavy atom. The van der Waals surface area contributed by atoms with Gasteiger partial charge in [-0.1, -0.05) is 6.07 Å². The first-order chi connectivity index (χ1) is 17.1. The molecule has 5 rings (SSSR count). The SMILES string of the molecule is CNc1cc(C2=CN3C(=NC=S3C3=CC=C(C#N)CSC3)C=C2)ccc1C(=O)N1CCN(C)CC1. The summed E-state index contributed by atoms with van der Waals surface area (Å²) in [6.45, 7) is 3.31. The van der Waals surface area contributed by atoms with Crippen LogP contribution in [0.25, 0.3) is 5.57 Å². The Hall–Kier alpha value is -3.06. The van der Waals surface area contributed by atoms with Crippen LogP contribution in [0, 0.1) is 11.3 Å². The van der Waals surface area contributed by atoms with E-state index in [-0.39, 0.29) is 16.6 Å². The number of anilines is 1. The summed E-state index contributed by atoms with van der Waals surface area (Å²) >= 11 is 1.77. The smallest absolute Gasteiger partial charge is 0.256 e. The fourth-order valence-corrected chi connectivity index (χ4v) is 7.25. The molecule has 1 N–H and O–H groups in total. The van der Waals surface area contributed by atoms with Gasteiger partial charge in [-0.05, 0) is 65.3 Å². The summed E-state index contributed by atoms with van der Waals surface area (Å²) in [5.74, 6) is 2.62. The van der Waals surface area contributed by atoms with Crippen LogP contribution in [0.4, 0.5) is 5.69 Å². The average molecular weight is 505 g/mol. The predicted molar refractivity (Wildman–Crippen MR) is 149 cm³/mol. The van der Waals surface area contributed by atoms with Crippen molar-refractivity contribution in [2.24, 2.45) is 4.99 Å². The Labute approximate surface area is 213 Å². The van der Waals surface area contributed by atoms with Gasteiger partial charge in [-0.3, -0.25) is 9.10 Å². The largest absolute Gasteiger partial charge is 0.387 e. The van der Waals surface area contributed by atoms with Crippen LogP contribution >= 0.6 is 22.4 Å². The number of fused-ring (bicyclic) bond motifs is 1. The van der Waals surface area contributed by atoms with Gasteiger partial charge >= 0.3 is 0 Å². The van der Waals surface area contributed by atoms with Gasteiger partial charge in [-0.15, -0.1) is 0 Å². The summed E-state index contributed by atoms with van der Waals surface area (Å²) in [4.78, 5) is 23.3. The maximum absolute atomic E-state index is 13.2. The molecule has 4 heterocycles. The van der Waals surface area contributed by atoms with Gasteiger partial charge in [0.25, 0.3) is 5.91 Å². The first-order valence-corrected chi connectivity index (χ1v) is 14.0. The number of allylic oxidation sites excluding steroid dienone is 4. The lowest BCUT2D eigenvalue weighted by Gasteiger charge is -2.33. The molecule has 4 aliphatic heterocycles. The highest BCUT2D eigenvalue weighted by Crippen LogP contribution is 2.40. The van der Waals surface area contributed by atoms with E-state index in [1.54, 1.807) is 11.8 Å². The molecule has 4 aliphatic rings. The third-order valence-corrected chi connectivity index (χ3v) is 9.47. The van der Waals surface area contributed by atoms with Gasteiger partial charge in [0, 0.05) is 67.1 Å². The summed E-state index contributed by atoms with van der Waals surface area (Å²) in [6, 6.07) is 8.30. The van der Waals surface area contributed by atoms with E-state index in [2.05, 4.69) is 57.0 Å². The monoisotopic (exact) mass is 504 g/mol. The second-order valence-electron chi connectivity index (χ2n) is 8.69. The summed E-state index contributed by atoms with van der Waals surface area (Å²) < 4.78 is 2.22. The predicted octanol–water partition coefficient (Wildman–Crippen LogP) is 3.76. The lowest BCUT2D eigenvalue weighted by atomic mass is 10.0. The van der Waals surface area contributed by atoms with Gasteiger partial charge in [0.1, 0.15) is 5.84 Å². The number of carbonyl (C=O) groups excluding carboxylic acids is 1. The highest BCUT2D eigenvalue weighted by Gasteiger charge is 2.25. The van der Waals surface area contributed by atoms with Gasteiger partial charge in [-0.25, -0.2) is 4.99 Å². The molecule has 0 aliphatic carbocycles. The molecule has 35 heavy (non-hydrogen) atoms. The molecule has 1 aromatic rings. The van der Waals surface area contributed by atoms with Crippen molar-refractivity contribution >= 4 is 50.9 Å². The van der Waals surface area contributed by atoms with Gasteiger partial charge in [0.2, 0.25) is 0 Å². The molecule has 0 spiro atoms. The third kappa shape index (κ3) is 4.87. The van der Waals surface area contributed by atoms with Crippen molar-refractivity contribution in [2.75, 3.05) is 57.1 Å². The van der Waals surface area contributed by atoms with Crippen molar-refractivity contribution in [1.29, 1.82) is 5.26 Å². The van der Waals surface area contributed by atoms with Gasteiger partial charge < -0.3 is 15.1 Å². The van der Waals surface area contributed by atoms with E-state index >= 15 is 0 Å².